The minimum Gasteiger partial charge on any atom is -0.443 e. The van der Waals surface area contributed by atoms with E-state index >= 15 is 0 Å². The molecule has 1 aromatic carbocycles. The molecule has 2 aromatic heterocycles. The average molecular weight is 531 g/mol. The second-order valence-corrected chi connectivity index (χ2v) is 10.8. The second kappa shape index (κ2) is 10.3. The van der Waals surface area contributed by atoms with Crippen LogP contribution < -0.4 is 10.4 Å². The van der Waals surface area contributed by atoms with E-state index in [4.69, 9.17) is 4.74 Å². The molecule has 12 nitrogen and oxygen atoms in total. The molecule has 0 saturated heterocycles. The SMILES string of the molecule is CC(C)(C)OC(=O)NN(CC1CCCC1)c1nc(C#N)nc2c1ncn2CCN1C(=O)c2ccccc2C1=O. The van der Waals surface area contributed by atoms with Crippen molar-refractivity contribution in [1.82, 2.24) is 29.8 Å². The molecule has 3 aromatic rings. The molecule has 0 spiro atoms. The van der Waals surface area contributed by atoms with Crippen LogP contribution in [0.3, 0.4) is 0 Å². The highest BCUT2D eigenvalue weighted by atomic mass is 16.6. The van der Waals surface area contributed by atoms with E-state index in [9.17, 15) is 19.6 Å². The molecule has 0 bridgehead atoms. The molecule has 3 amide bonds. The smallest absolute Gasteiger partial charge is 0.426 e. The number of carbonyl (C=O) groups excluding carboxylic acids is 3. The molecule has 2 aliphatic rings. The Bertz CT molecular complexity index is 1440. The van der Waals surface area contributed by atoms with Crippen LogP contribution in [0.4, 0.5) is 10.6 Å². The first kappa shape index (κ1) is 26.1. The topological polar surface area (TPSA) is 146 Å². The number of hydrogen-bond acceptors (Lipinski definition) is 9. The van der Waals surface area contributed by atoms with Gasteiger partial charge in [0.2, 0.25) is 5.82 Å². The molecule has 12 heteroatoms. The number of imidazole rings is 1. The fraction of sp³-hybridized carbons (Fsp3) is 0.444. The van der Waals surface area contributed by atoms with Crippen molar-refractivity contribution < 1.29 is 19.1 Å². The number of nitrogens with zero attached hydrogens (tertiary/aromatic N) is 7. The molecule has 1 aliphatic heterocycles. The van der Waals surface area contributed by atoms with E-state index in [0.717, 1.165) is 25.7 Å². The zero-order valence-electron chi connectivity index (χ0n) is 22.2. The number of amides is 3. The first-order valence-electron chi connectivity index (χ1n) is 13.0. The Kier molecular flexibility index (Phi) is 6.91. The van der Waals surface area contributed by atoms with Gasteiger partial charge in [0.25, 0.3) is 11.8 Å². The minimum atomic E-state index is -0.701. The van der Waals surface area contributed by atoms with Crippen LogP contribution in [0.25, 0.3) is 11.2 Å². The van der Waals surface area contributed by atoms with Gasteiger partial charge in [0.1, 0.15) is 11.7 Å². The van der Waals surface area contributed by atoms with Gasteiger partial charge in [-0.05, 0) is 51.7 Å². The first-order chi connectivity index (χ1) is 18.6. The Morgan fingerprint density at radius 1 is 1.13 bits per heavy atom. The van der Waals surface area contributed by atoms with Crippen LogP contribution in [0, 0.1) is 17.2 Å². The number of hydrogen-bond donors (Lipinski definition) is 1. The molecule has 1 aliphatic carbocycles. The third kappa shape index (κ3) is 5.38. The zero-order chi connectivity index (χ0) is 27.7. The van der Waals surface area contributed by atoms with Crippen LogP contribution in [0.5, 0.6) is 0 Å². The maximum absolute atomic E-state index is 12.8. The Morgan fingerprint density at radius 2 is 1.79 bits per heavy atom. The predicted molar refractivity (Wildman–Crippen MR) is 141 cm³/mol. The number of benzene rings is 1. The van der Waals surface area contributed by atoms with Crippen molar-refractivity contribution >= 4 is 34.9 Å². The summed E-state index contributed by atoms with van der Waals surface area (Å²) in [4.78, 5) is 52.8. The van der Waals surface area contributed by atoms with Crippen molar-refractivity contribution in [2.24, 2.45) is 5.92 Å². The summed E-state index contributed by atoms with van der Waals surface area (Å²) in [5.41, 5.74) is 3.59. The molecule has 0 radical (unpaired) electrons. The Balaban J connectivity index is 1.44. The Morgan fingerprint density at radius 3 is 2.41 bits per heavy atom. The fourth-order valence-corrected chi connectivity index (χ4v) is 5.03. The van der Waals surface area contributed by atoms with Gasteiger partial charge < -0.3 is 9.30 Å². The lowest BCUT2D eigenvalue weighted by Crippen LogP contribution is -2.47. The first-order valence-corrected chi connectivity index (χ1v) is 13.0. The van der Waals surface area contributed by atoms with Gasteiger partial charge in [-0.15, -0.1) is 0 Å². The van der Waals surface area contributed by atoms with Crippen LogP contribution in [0.2, 0.25) is 0 Å². The number of anilines is 1. The minimum absolute atomic E-state index is 0.0950. The number of fused-ring (bicyclic) bond motifs is 2. The molecular weight excluding hydrogens is 500 g/mol. The van der Waals surface area contributed by atoms with Crippen LogP contribution in [-0.4, -0.2) is 61.0 Å². The van der Waals surface area contributed by atoms with E-state index in [1.165, 1.54) is 11.2 Å². The van der Waals surface area contributed by atoms with Gasteiger partial charge in [0.05, 0.1) is 17.5 Å². The van der Waals surface area contributed by atoms with Gasteiger partial charge in [-0.2, -0.15) is 15.2 Å². The summed E-state index contributed by atoms with van der Waals surface area (Å²) < 4.78 is 7.15. The van der Waals surface area contributed by atoms with Crippen LogP contribution in [0.1, 0.15) is 73.0 Å². The molecule has 202 valence electrons. The highest BCUT2D eigenvalue weighted by Gasteiger charge is 2.35. The number of rotatable bonds is 7. The van der Waals surface area contributed by atoms with Crippen molar-refractivity contribution in [1.29, 1.82) is 5.26 Å². The number of aromatic nitrogens is 4. The van der Waals surface area contributed by atoms with Crippen molar-refractivity contribution in [3.63, 3.8) is 0 Å². The summed E-state index contributed by atoms with van der Waals surface area (Å²) >= 11 is 0. The van der Waals surface area contributed by atoms with Gasteiger partial charge in [-0.25, -0.2) is 15.2 Å². The molecule has 0 unspecified atom stereocenters. The molecule has 0 atom stereocenters. The number of carbonyl (C=O) groups is 3. The van der Waals surface area contributed by atoms with Crippen molar-refractivity contribution in [2.45, 2.75) is 58.6 Å². The van der Waals surface area contributed by atoms with Crippen LogP contribution in [-0.2, 0) is 11.3 Å². The summed E-state index contributed by atoms with van der Waals surface area (Å²) in [5, 5.41) is 11.3. The highest BCUT2D eigenvalue weighted by Crippen LogP contribution is 2.29. The molecular formula is C27H30N8O4. The van der Waals surface area contributed by atoms with Gasteiger partial charge in [-0.1, -0.05) is 25.0 Å². The zero-order valence-corrected chi connectivity index (χ0v) is 22.2. The average Bonchev–Trinajstić information content (AvgIpc) is 3.61. The molecule has 1 fully saturated rings. The number of nitrogens with one attached hydrogen (secondary N) is 1. The molecule has 39 heavy (non-hydrogen) atoms. The summed E-state index contributed by atoms with van der Waals surface area (Å²) in [6, 6.07) is 8.71. The number of ether oxygens (including phenoxy) is 1. The van der Waals surface area contributed by atoms with E-state index in [0.29, 0.717) is 34.8 Å². The van der Waals surface area contributed by atoms with E-state index < -0.39 is 11.7 Å². The third-order valence-electron chi connectivity index (χ3n) is 6.78. The number of imide groups is 1. The van der Waals surface area contributed by atoms with Gasteiger partial charge in [0, 0.05) is 19.6 Å². The largest absolute Gasteiger partial charge is 0.443 e. The van der Waals surface area contributed by atoms with E-state index in [1.807, 2.05) is 6.07 Å². The Labute approximate surface area is 225 Å². The Hall–Kier alpha value is -4.53. The van der Waals surface area contributed by atoms with Crippen molar-refractivity contribution in [2.75, 3.05) is 18.1 Å². The van der Waals surface area contributed by atoms with E-state index in [2.05, 4.69) is 20.4 Å². The monoisotopic (exact) mass is 530 g/mol. The van der Waals surface area contributed by atoms with Gasteiger partial charge >= 0.3 is 6.09 Å². The van der Waals surface area contributed by atoms with E-state index in [-0.39, 0.29) is 36.5 Å². The summed E-state index contributed by atoms with van der Waals surface area (Å²) in [7, 11) is 0. The van der Waals surface area contributed by atoms with Gasteiger partial charge in [-0.3, -0.25) is 19.5 Å². The third-order valence-corrected chi connectivity index (χ3v) is 6.78. The van der Waals surface area contributed by atoms with Crippen LogP contribution in [0.15, 0.2) is 30.6 Å². The molecule has 3 heterocycles. The van der Waals surface area contributed by atoms with Crippen molar-refractivity contribution in [3.05, 3.63) is 47.5 Å². The quantitative estimate of drug-likeness (QED) is 0.358. The van der Waals surface area contributed by atoms with E-state index in [1.54, 1.807) is 54.6 Å². The maximum Gasteiger partial charge on any atom is 0.426 e. The van der Waals surface area contributed by atoms with Gasteiger partial charge in [0.15, 0.2) is 17.0 Å². The highest BCUT2D eigenvalue weighted by molar-refractivity contribution is 6.21. The summed E-state index contributed by atoms with van der Waals surface area (Å²) in [6.07, 6.45) is 5.14. The predicted octanol–water partition coefficient (Wildman–Crippen LogP) is 3.43. The second-order valence-electron chi connectivity index (χ2n) is 10.8. The molecule has 1 saturated carbocycles. The normalized spacial score (nSPS) is 15.5. The number of hydrazine groups is 1. The lowest BCUT2D eigenvalue weighted by molar-refractivity contribution is 0.0517. The number of nitriles is 1. The standard InChI is InChI=1S/C27H30N8O4/c1-27(2,3)39-26(38)32-35(15-17-8-4-5-9-17)23-21-22(30-20(14-28)31-23)33(16-29-21)12-13-34-24(36)18-10-6-7-11-19(18)25(34)37/h6-7,10-11,16-17H,4-5,8-9,12-13,15H2,1-3H3,(H,32,38). The molecule has 1 N–H and O–H groups in total. The van der Waals surface area contributed by atoms with Crippen molar-refractivity contribution in [3.8, 4) is 6.07 Å². The molecule has 5 rings (SSSR count). The van der Waals surface area contributed by atoms with Crippen LogP contribution >= 0.6 is 0 Å². The lowest BCUT2D eigenvalue weighted by Gasteiger charge is -2.29. The fourth-order valence-electron chi connectivity index (χ4n) is 5.03. The summed E-state index contributed by atoms with van der Waals surface area (Å²) in [6.45, 7) is 6.12. The summed E-state index contributed by atoms with van der Waals surface area (Å²) in [5.74, 6) is -0.183. The lowest BCUT2D eigenvalue weighted by atomic mass is 10.1. The maximum atomic E-state index is 12.8.